The Morgan fingerprint density at radius 1 is 0.731 bits per heavy atom. The van der Waals surface area contributed by atoms with Gasteiger partial charge in [-0.15, -0.1) is 0 Å². The van der Waals surface area contributed by atoms with Crippen molar-refractivity contribution in [2.45, 2.75) is 26.0 Å². The minimum absolute atomic E-state index is 0. The molecule has 0 aliphatic carbocycles. The van der Waals surface area contributed by atoms with Crippen LogP contribution >= 0.6 is 0 Å². The Morgan fingerprint density at radius 3 is 1.77 bits per heavy atom. The molecule has 26 heavy (non-hydrogen) atoms. The molecule has 0 saturated carbocycles. The van der Waals surface area contributed by atoms with Crippen LogP contribution in [-0.4, -0.2) is 21.3 Å². The molecule has 0 heterocycles. The van der Waals surface area contributed by atoms with E-state index >= 15 is 0 Å². The van der Waals surface area contributed by atoms with Crippen molar-refractivity contribution < 1.29 is 28.7 Å². The van der Waals surface area contributed by atoms with Gasteiger partial charge in [-0.1, -0.05) is 0 Å². The number of halogens is 1. The van der Waals surface area contributed by atoms with Crippen LogP contribution in [0, 0.1) is 13.8 Å². The Balaban J connectivity index is 0.00000243. The SMILES string of the molecule is CCOc1ccccc1C[As+](c1ccccc1C)c1ccccc1C.[I-]. The minimum atomic E-state index is -1.47. The summed E-state index contributed by atoms with van der Waals surface area (Å²) in [4.78, 5) is 0. The average Bonchev–Trinajstić information content (AvgIpc) is 2.63. The molecule has 0 amide bonds. The molecule has 0 aromatic heterocycles. The first-order chi connectivity index (χ1) is 12.2. The third-order valence-electron chi connectivity index (χ3n) is 4.41. The third kappa shape index (κ3) is 4.92. The van der Waals surface area contributed by atoms with E-state index in [4.69, 9.17) is 4.74 Å². The number of aryl methyl sites for hydroxylation is 2. The summed E-state index contributed by atoms with van der Waals surface area (Å²) in [5.74, 6) is 1.03. The molecule has 0 bridgehead atoms. The van der Waals surface area contributed by atoms with Crippen molar-refractivity contribution in [2.24, 2.45) is 0 Å². The molecule has 3 heteroatoms. The molecule has 0 fully saturated rings. The van der Waals surface area contributed by atoms with Crippen molar-refractivity contribution in [1.82, 2.24) is 0 Å². The summed E-state index contributed by atoms with van der Waals surface area (Å²) < 4.78 is 8.97. The maximum Gasteiger partial charge on any atom is -1.00 e. The Hall–Kier alpha value is -1.25. The van der Waals surface area contributed by atoms with Gasteiger partial charge in [-0.25, -0.2) is 0 Å². The zero-order chi connectivity index (χ0) is 17.6. The summed E-state index contributed by atoms with van der Waals surface area (Å²) in [6.07, 6.45) is 0. The van der Waals surface area contributed by atoms with Gasteiger partial charge in [-0.05, 0) is 0 Å². The summed E-state index contributed by atoms with van der Waals surface area (Å²) in [6.45, 7) is 7.24. The van der Waals surface area contributed by atoms with Crippen LogP contribution in [0.15, 0.2) is 72.8 Å². The fourth-order valence-electron chi connectivity index (χ4n) is 3.13. The average molecular weight is 519 g/mol. The second-order valence-electron chi connectivity index (χ2n) is 6.20. The molecule has 3 rings (SSSR count). The van der Waals surface area contributed by atoms with Crippen LogP contribution < -0.4 is 37.4 Å². The van der Waals surface area contributed by atoms with E-state index in [1.165, 1.54) is 25.4 Å². The summed E-state index contributed by atoms with van der Waals surface area (Å²) in [5.41, 5.74) is 4.13. The zero-order valence-corrected chi connectivity index (χ0v) is 19.6. The molecule has 0 spiro atoms. The third-order valence-corrected chi connectivity index (χ3v) is 10.3. The van der Waals surface area contributed by atoms with Gasteiger partial charge in [-0.3, -0.25) is 0 Å². The Bertz CT molecular complexity index is 801. The number of ether oxygens (including phenoxy) is 1. The van der Waals surface area contributed by atoms with Crippen molar-refractivity contribution in [3.05, 3.63) is 89.5 Å². The number of benzene rings is 3. The van der Waals surface area contributed by atoms with Crippen LogP contribution in [0.25, 0.3) is 0 Å². The van der Waals surface area contributed by atoms with Crippen LogP contribution in [0.5, 0.6) is 5.75 Å². The predicted octanol–water partition coefficient (Wildman–Crippen LogP) is 1.10. The van der Waals surface area contributed by atoms with Crippen LogP contribution in [0.2, 0.25) is 0 Å². The van der Waals surface area contributed by atoms with Gasteiger partial charge in [0.25, 0.3) is 0 Å². The van der Waals surface area contributed by atoms with Gasteiger partial charge < -0.3 is 24.0 Å². The van der Waals surface area contributed by atoms with Gasteiger partial charge in [0.05, 0.1) is 0 Å². The van der Waals surface area contributed by atoms with E-state index in [1.54, 1.807) is 0 Å². The first kappa shape index (κ1) is 21.1. The van der Waals surface area contributed by atoms with Crippen LogP contribution in [0.4, 0.5) is 0 Å². The van der Waals surface area contributed by atoms with Gasteiger partial charge in [0.1, 0.15) is 0 Å². The van der Waals surface area contributed by atoms with Gasteiger partial charge in [0, 0.05) is 0 Å². The Morgan fingerprint density at radius 2 is 1.23 bits per heavy atom. The quantitative estimate of drug-likeness (QED) is 0.351. The van der Waals surface area contributed by atoms with E-state index in [-0.39, 0.29) is 24.0 Å². The van der Waals surface area contributed by atoms with Crippen molar-refractivity contribution in [3.8, 4) is 5.75 Å². The van der Waals surface area contributed by atoms with Crippen molar-refractivity contribution in [2.75, 3.05) is 6.61 Å². The molecule has 0 N–H and O–H groups in total. The fraction of sp³-hybridized carbons (Fsp3) is 0.217. The number of hydrogen-bond acceptors (Lipinski definition) is 1. The molecule has 0 aliphatic rings. The second-order valence-corrected chi connectivity index (χ2v) is 10.7. The van der Waals surface area contributed by atoms with Crippen molar-refractivity contribution in [3.63, 3.8) is 0 Å². The van der Waals surface area contributed by atoms with Crippen molar-refractivity contribution in [1.29, 1.82) is 0 Å². The monoisotopic (exact) mass is 519 g/mol. The molecule has 0 aliphatic heterocycles. The minimum Gasteiger partial charge on any atom is -1.00 e. The largest absolute Gasteiger partial charge is 1.00 e. The number of rotatable bonds is 6. The van der Waals surface area contributed by atoms with Gasteiger partial charge in [0.15, 0.2) is 0 Å². The topological polar surface area (TPSA) is 9.23 Å². The maximum atomic E-state index is 5.89. The molecule has 0 saturated heterocycles. The summed E-state index contributed by atoms with van der Waals surface area (Å²) in [5, 5.41) is 1.08. The molecule has 1 radical (unpaired) electrons. The van der Waals surface area contributed by atoms with Crippen molar-refractivity contribution >= 4 is 23.4 Å². The first-order valence-electron chi connectivity index (χ1n) is 8.80. The van der Waals surface area contributed by atoms with E-state index < -0.39 is 14.7 Å². The zero-order valence-electron chi connectivity index (χ0n) is 15.6. The Labute approximate surface area is 179 Å². The summed E-state index contributed by atoms with van der Waals surface area (Å²) in [6, 6.07) is 26.3. The van der Waals surface area contributed by atoms with Crippen LogP contribution in [0.1, 0.15) is 23.6 Å². The molecular formula is C23H25AsIO. The van der Waals surface area contributed by atoms with E-state index in [0.29, 0.717) is 6.61 Å². The van der Waals surface area contributed by atoms with Gasteiger partial charge in [-0.2, -0.15) is 0 Å². The summed E-state index contributed by atoms with van der Waals surface area (Å²) >= 11 is -1.47. The number of hydrogen-bond donors (Lipinski definition) is 0. The van der Waals surface area contributed by atoms with E-state index in [9.17, 15) is 0 Å². The van der Waals surface area contributed by atoms with Crippen LogP contribution in [0.3, 0.4) is 0 Å². The standard InChI is InChI=1S/C23H25AsO.HI/c1-4-25-23-16-10-7-13-20(23)17-24(21-14-8-5-11-18(21)2)22-15-9-6-12-19(22)3;/h5-16H,4,17H2,1-3H3;1H/q+1;/p-1. The maximum absolute atomic E-state index is 5.89. The van der Waals surface area contributed by atoms with Crippen LogP contribution in [-0.2, 0) is 5.21 Å². The van der Waals surface area contributed by atoms with E-state index in [1.807, 2.05) is 0 Å². The molecule has 0 unspecified atom stereocenters. The van der Waals surface area contributed by atoms with E-state index in [2.05, 4.69) is 93.6 Å². The molecule has 1 nitrogen and oxygen atoms in total. The summed E-state index contributed by atoms with van der Waals surface area (Å²) in [7, 11) is 0. The molecule has 135 valence electrons. The smallest absolute Gasteiger partial charge is 1.00 e. The molecule has 3 aromatic carbocycles. The molecular weight excluding hydrogens is 494 g/mol. The van der Waals surface area contributed by atoms with Gasteiger partial charge >= 0.3 is 156 Å². The fourth-order valence-corrected chi connectivity index (χ4v) is 8.87. The Kier molecular flexibility index (Phi) is 8.24. The number of para-hydroxylation sites is 1. The first-order valence-corrected chi connectivity index (χ1v) is 12.0. The normalized spacial score (nSPS) is 10.5. The second kappa shape index (κ2) is 10.2. The van der Waals surface area contributed by atoms with Gasteiger partial charge in [0.2, 0.25) is 0 Å². The predicted molar refractivity (Wildman–Crippen MR) is 109 cm³/mol. The molecule has 0 atom stereocenters. The molecule has 3 aromatic rings. The van der Waals surface area contributed by atoms with E-state index in [0.717, 1.165) is 11.0 Å².